The third kappa shape index (κ3) is 3.61. The van der Waals surface area contributed by atoms with Crippen LogP contribution in [0.5, 0.6) is 0 Å². The largest absolute Gasteiger partial charge is 0.323 e. The first-order valence-corrected chi connectivity index (χ1v) is 6.89. The molecule has 0 saturated heterocycles. The number of benzene rings is 2. The maximum Gasteiger partial charge on any atom is 0.257 e. The number of nitrogens with one attached hydrogen (secondary N) is 2. The smallest absolute Gasteiger partial charge is 0.257 e. The van der Waals surface area contributed by atoms with Crippen molar-refractivity contribution in [2.45, 2.75) is 26.2 Å². The molecule has 2 aromatic rings. The second-order valence-corrected chi connectivity index (χ2v) is 5.97. The number of anilines is 2. The highest BCUT2D eigenvalue weighted by Crippen LogP contribution is 2.24. The first-order valence-electron chi connectivity index (χ1n) is 6.89. The van der Waals surface area contributed by atoms with E-state index in [0.717, 1.165) is 5.69 Å². The van der Waals surface area contributed by atoms with Crippen LogP contribution in [-0.4, -0.2) is 5.91 Å². The van der Waals surface area contributed by atoms with Gasteiger partial charge in [-0.05, 0) is 35.2 Å². The summed E-state index contributed by atoms with van der Waals surface area (Å²) in [5.74, 6) is 5.23. The zero-order valence-corrected chi connectivity index (χ0v) is 12.6. The van der Waals surface area contributed by atoms with Crippen molar-refractivity contribution in [3.8, 4) is 0 Å². The lowest BCUT2D eigenvalue weighted by Gasteiger charge is -2.19. The molecule has 0 bridgehead atoms. The van der Waals surface area contributed by atoms with Gasteiger partial charge in [-0.25, -0.2) is 0 Å². The molecule has 2 rings (SSSR count). The van der Waals surface area contributed by atoms with Gasteiger partial charge in [0.2, 0.25) is 0 Å². The maximum absolute atomic E-state index is 12.3. The fraction of sp³-hybridized carbons (Fsp3) is 0.235. The topological polar surface area (TPSA) is 67.2 Å². The van der Waals surface area contributed by atoms with Crippen molar-refractivity contribution < 1.29 is 4.79 Å². The first-order chi connectivity index (χ1) is 9.91. The van der Waals surface area contributed by atoms with Crippen molar-refractivity contribution in [1.29, 1.82) is 0 Å². The van der Waals surface area contributed by atoms with Gasteiger partial charge in [-0.1, -0.05) is 45.0 Å². The van der Waals surface area contributed by atoms with Crippen LogP contribution in [0.2, 0.25) is 0 Å². The van der Waals surface area contributed by atoms with Gasteiger partial charge in [0.1, 0.15) is 0 Å². The third-order valence-corrected chi connectivity index (χ3v) is 3.34. The molecule has 1 amide bonds. The molecular weight excluding hydrogens is 262 g/mol. The molecule has 0 fully saturated rings. The summed E-state index contributed by atoms with van der Waals surface area (Å²) in [6.45, 7) is 6.47. The molecular formula is C17H21N3O. The van der Waals surface area contributed by atoms with Gasteiger partial charge in [0.15, 0.2) is 0 Å². The van der Waals surface area contributed by atoms with Gasteiger partial charge in [-0.3, -0.25) is 10.6 Å². The quantitative estimate of drug-likeness (QED) is 0.596. The number of carbonyl (C=O) groups excluding carboxylic acids is 1. The maximum atomic E-state index is 12.3. The Morgan fingerprint density at radius 3 is 2.19 bits per heavy atom. The summed E-state index contributed by atoms with van der Waals surface area (Å²) in [4.78, 5) is 12.3. The van der Waals surface area contributed by atoms with E-state index in [1.165, 1.54) is 5.56 Å². The molecule has 2 aromatic carbocycles. The summed E-state index contributed by atoms with van der Waals surface area (Å²) < 4.78 is 0. The molecule has 4 nitrogen and oxygen atoms in total. The number of hydrogen-bond donors (Lipinski definition) is 3. The SMILES string of the molecule is CC(C)(C)c1ccc(NC(=O)c2ccccc2NN)cc1. The second-order valence-electron chi connectivity index (χ2n) is 5.97. The summed E-state index contributed by atoms with van der Waals surface area (Å²) in [6, 6.07) is 15.0. The molecule has 0 atom stereocenters. The highest BCUT2D eigenvalue weighted by molar-refractivity contribution is 6.07. The van der Waals surface area contributed by atoms with Gasteiger partial charge in [-0.2, -0.15) is 0 Å². The van der Waals surface area contributed by atoms with E-state index >= 15 is 0 Å². The minimum absolute atomic E-state index is 0.0958. The van der Waals surface area contributed by atoms with Crippen LogP contribution >= 0.6 is 0 Å². The lowest BCUT2D eigenvalue weighted by molar-refractivity contribution is 0.102. The normalized spacial score (nSPS) is 11.0. The van der Waals surface area contributed by atoms with Crippen LogP contribution < -0.4 is 16.6 Å². The van der Waals surface area contributed by atoms with Crippen molar-refractivity contribution in [2.24, 2.45) is 5.84 Å². The molecule has 0 heterocycles. The van der Waals surface area contributed by atoms with Crippen LogP contribution in [0, 0.1) is 0 Å². The van der Waals surface area contributed by atoms with Crippen LogP contribution in [0.4, 0.5) is 11.4 Å². The van der Waals surface area contributed by atoms with E-state index in [2.05, 4.69) is 31.5 Å². The Labute approximate surface area is 125 Å². The van der Waals surface area contributed by atoms with Crippen LogP contribution in [-0.2, 0) is 5.41 Å². The highest BCUT2D eigenvalue weighted by Gasteiger charge is 2.14. The number of amides is 1. The molecule has 21 heavy (non-hydrogen) atoms. The van der Waals surface area contributed by atoms with Crippen molar-refractivity contribution in [3.63, 3.8) is 0 Å². The molecule has 4 heteroatoms. The van der Waals surface area contributed by atoms with Gasteiger partial charge in [0.05, 0.1) is 11.3 Å². The number of hydrogen-bond acceptors (Lipinski definition) is 3. The van der Waals surface area contributed by atoms with Crippen molar-refractivity contribution in [1.82, 2.24) is 0 Å². The van der Waals surface area contributed by atoms with Crippen LogP contribution in [0.15, 0.2) is 48.5 Å². The molecule has 4 N–H and O–H groups in total. The summed E-state index contributed by atoms with van der Waals surface area (Å²) in [5.41, 5.74) is 5.73. The monoisotopic (exact) mass is 283 g/mol. The molecule has 0 saturated carbocycles. The summed E-state index contributed by atoms with van der Waals surface area (Å²) >= 11 is 0. The van der Waals surface area contributed by atoms with Crippen molar-refractivity contribution >= 4 is 17.3 Å². The second kappa shape index (κ2) is 5.97. The van der Waals surface area contributed by atoms with Crippen LogP contribution in [0.3, 0.4) is 0 Å². The van der Waals surface area contributed by atoms with E-state index in [1.54, 1.807) is 18.2 Å². The highest BCUT2D eigenvalue weighted by atomic mass is 16.1. The zero-order valence-electron chi connectivity index (χ0n) is 12.6. The van der Waals surface area contributed by atoms with E-state index < -0.39 is 0 Å². The number of rotatable bonds is 3. The molecule has 0 spiro atoms. The average molecular weight is 283 g/mol. The molecule has 0 aliphatic heterocycles. The third-order valence-electron chi connectivity index (χ3n) is 3.34. The number of nitrogens with two attached hydrogens (primary N) is 1. The minimum Gasteiger partial charge on any atom is -0.323 e. The zero-order chi connectivity index (χ0) is 15.5. The van der Waals surface area contributed by atoms with E-state index in [9.17, 15) is 4.79 Å². The van der Waals surface area contributed by atoms with Gasteiger partial charge >= 0.3 is 0 Å². The Kier molecular flexibility index (Phi) is 4.29. The summed E-state index contributed by atoms with van der Waals surface area (Å²) in [5, 5.41) is 2.88. The van der Waals surface area contributed by atoms with E-state index in [1.807, 2.05) is 30.3 Å². The Morgan fingerprint density at radius 1 is 1.00 bits per heavy atom. The van der Waals surface area contributed by atoms with Crippen LogP contribution in [0.25, 0.3) is 0 Å². The predicted octanol–water partition coefficient (Wildman–Crippen LogP) is 3.52. The standard InChI is InChI=1S/C17H21N3O/c1-17(2,3)12-8-10-13(11-9-12)19-16(21)14-6-4-5-7-15(14)20-18/h4-11,20H,18H2,1-3H3,(H,19,21). The molecule has 0 aliphatic carbocycles. The van der Waals surface area contributed by atoms with Gasteiger partial charge in [-0.15, -0.1) is 0 Å². The lowest BCUT2D eigenvalue weighted by Crippen LogP contribution is -2.17. The van der Waals surface area contributed by atoms with Gasteiger partial charge < -0.3 is 10.7 Å². The molecule has 0 aliphatic rings. The number of nitrogen functional groups attached to an aromatic ring is 1. The Bertz CT molecular complexity index is 627. The molecule has 0 radical (unpaired) electrons. The summed E-state index contributed by atoms with van der Waals surface area (Å²) in [7, 11) is 0. The predicted molar refractivity (Wildman–Crippen MR) is 87.3 cm³/mol. The van der Waals surface area contributed by atoms with Crippen LogP contribution in [0.1, 0.15) is 36.7 Å². The Hall–Kier alpha value is -2.33. The lowest BCUT2D eigenvalue weighted by atomic mass is 9.87. The van der Waals surface area contributed by atoms with Gasteiger partial charge in [0, 0.05) is 5.69 Å². The Balaban J connectivity index is 2.16. The number of hydrazine groups is 1. The molecule has 110 valence electrons. The fourth-order valence-electron chi connectivity index (χ4n) is 2.06. The van der Waals surface area contributed by atoms with Gasteiger partial charge in [0.25, 0.3) is 5.91 Å². The van der Waals surface area contributed by atoms with E-state index in [-0.39, 0.29) is 11.3 Å². The van der Waals surface area contributed by atoms with Crippen molar-refractivity contribution in [2.75, 3.05) is 10.7 Å². The minimum atomic E-state index is -0.188. The summed E-state index contributed by atoms with van der Waals surface area (Å²) in [6.07, 6.45) is 0. The van der Waals surface area contributed by atoms with E-state index in [4.69, 9.17) is 5.84 Å². The van der Waals surface area contributed by atoms with E-state index in [0.29, 0.717) is 11.3 Å². The molecule has 0 aromatic heterocycles. The first kappa shape index (κ1) is 15.1. The fourth-order valence-corrected chi connectivity index (χ4v) is 2.06. The Morgan fingerprint density at radius 2 is 1.62 bits per heavy atom. The molecule has 0 unspecified atom stereocenters. The average Bonchev–Trinajstić information content (AvgIpc) is 2.46. The van der Waals surface area contributed by atoms with Crippen molar-refractivity contribution in [3.05, 3.63) is 59.7 Å². The number of carbonyl (C=O) groups is 1. The number of para-hydroxylation sites is 1.